The molecule has 0 unspecified atom stereocenters. The number of ether oxygens (including phenoxy) is 2. The molecular formula is C14H15ClIN3O2. The maximum atomic E-state index is 6.22. The molecule has 7 heteroatoms. The van der Waals surface area contributed by atoms with E-state index in [1.54, 1.807) is 26.5 Å². The molecule has 0 bridgehead atoms. The molecule has 1 heterocycles. The van der Waals surface area contributed by atoms with E-state index in [0.717, 1.165) is 21.5 Å². The van der Waals surface area contributed by atoms with Crippen molar-refractivity contribution >= 4 is 40.0 Å². The van der Waals surface area contributed by atoms with Crippen molar-refractivity contribution in [2.75, 3.05) is 26.1 Å². The Balaban J connectivity index is 2.51. The van der Waals surface area contributed by atoms with Gasteiger partial charge in [-0.05, 0) is 41.6 Å². The lowest BCUT2D eigenvalue weighted by molar-refractivity contribution is 0.355. The van der Waals surface area contributed by atoms with E-state index in [2.05, 4.69) is 37.9 Å². The van der Waals surface area contributed by atoms with E-state index in [1.165, 1.54) is 0 Å². The van der Waals surface area contributed by atoms with Crippen LogP contribution in [0.1, 0.15) is 6.92 Å². The van der Waals surface area contributed by atoms with Crippen molar-refractivity contribution in [2.24, 2.45) is 0 Å². The predicted octanol–water partition coefficient (Wildman–Crippen LogP) is 3.85. The molecular weight excluding hydrogens is 405 g/mol. The molecule has 5 nitrogen and oxygen atoms in total. The molecule has 0 aliphatic carbocycles. The zero-order valence-corrected chi connectivity index (χ0v) is 14.8. The van der Waals surface area contributed by atoms with Gasteiger partial charge in [-0.3, -0.25) is 0 Å². The molecule has 1 aromatic heterocycles. The normalized spacial score (nSPS) is 10.3. The standard InChI is InChI=1S/C14H15ClIN3O2/c1-4-17-14-10(16)7-18-13(19-14)8-5-9(15)12(21-3)11(6-8)20-2/h5-7H,4H2,1-3H3,(H,17,18,19). The largest absolute Gasteiger partial charge is 0.493 e. The number of aromatic nitrogens is 2. The fraction of sp³-hybridized carbons (Fsp3) is 0.286. The van der Waals surface area contributed by atoms with Crippen molar-refractivity contribution in [1.29, 1.82) is 0 Å². The Labute approximate surface area is 142 Å². The van der Waals surface area contributed by atoms with E-state index in [9.17, 15) is 0 Å². The maximum Gasteiger partial charge on any atom is 0.179 e. The van der Waals surface area contributed by atoms with E-state index in [4.69, 9.17) is 21.1 Å². The molecule has 1 aromatic carbocycles. The molecule has 0 spiro atoms. The predicted molar refractivity (Wildman–Crippen MR) is 92.5 cm³/mol. The molecule has 0 radical (unpaired) electrons. The molecule has 0 aliphatic rings. The summed E-state index contributed by atoms with van der Waals surface area (Å²) in [4.78, 5) is 8.87. The molecule has 2 aromatic rings. The van der Waals surface area contributed by atoms with Crippen LogP contribution in [0.25, 0.3) is 11.4 Å². The number of anilines is 1. The lowest BCUT2D eigenvalue weighted by Crippen LogP contribution is -2.04. The fourth-order valence-electron chi connectivity index (χ4n) is 1.84. The van der Waals surface area contributed by atoms with Crippen molar-refractivity contribution in [3.8, 4) is 22.9 Å². The maximum absolute atomic E-state index is 6.22. The molecule has 21 heavy (non-hydrogen) atoms. The Bertz CT molecular complexity index is 652. The van der Waals surface area contributed by atoms with E-state index in [-0.39, 0.29) is 0 Å². The second-order valence-corrected chi connectivity index (χ2v) is 5.68. The van der Waals surface area contributed by atoms with Crippen LogP contribution in [0, 0.1) is 3.57 Å². The number of methoxy groups -OCH3 is 2. The summed E-state index contributed by atoms with van der Waals surface area (Å²) in [6.45, 7) is 2.81. The number of halogens is 2. The number of nitrogens with zero attached hydrogens (tertiary/aromatic N) is 2. The van der Waals surface area contributed by atoms with E-state index in [1.807, 2.05) is 13.0 Å². The minimum Gasteiger partial charge on any atom is -0.493 e. The molecule has 1 N–H and O–H groups in total. The Hall–Kier alpha value is -1.28. The summed E-state index contributed by atoms with van der Waals surface area (Å²) in [5, 5.41) is 3.66. The number of hydrogen-bond acceptors (Lipinski definition) is 5. The number of benzene rings is 1. The second kappa shape index (κ2) is 7.13. The van der Waals surface area contributed by atoms with Crippen molar-refractivity contribution in [3.63, 3.8) is 0 Å². The van der Waals surface area contributed by atoms with Crippen molar-refractivity contribution in [1.82, 2.24) is 9.97 Å². The van der Waals surface area contributed by atoms with Gasteiger partial charge in [0.15, 0.2) is 17.3 Å². The van der Waals surface area contributed by atoms with Crippen LogP contribution in [0.2, 0.25) is 5.02 Å². The van der Waals surface area contributed by atoms with Gasteiger partial charge in [0, 0.05) is 18.3 Å². The van der Waals surface area contributed by atoms with Gasteiger partial charge in [-0.25, -0.2) is 9.97 Å². The first-order chi connectivity index (χ1) is 10.1. The highest BCUT2D eigenvalue weighted by Crippen LogP contribution is 2.38. The van der Waals surface area contributed by atoms with Gasteiger partial charge in [-0.15, -0.1) is 0 Å². The third-order valence-electron chi connectivity index (χ3n) is 2.78. The van der Waals surface area contributed by atoms with Crippen LogP contribution in [0.3, 0.4) is 0 Å². The number of nitrogens with one attached hydrogen (secondary N) is 1. The molecule has 0 amide bonds. The van der Waals surface area contributed by atoms with Crippen molar-refractivity contribution in [3.05, 3.63) is 26.9 Å². The summed E-state index contributed by atoms with van der Waals surface area (Å²) in [6, 6.07) is 3.57. The van der Waals surface area contributed by atoms with Gasteiger partial charge < -0.3 is 14.8 Å². The van der Waals surface area contributed by atoms with Gasteiger partial charge in [0.2, 0.25) is 0 Å². The van der Waals surface area contributed by atoms with Crippen LogP contribution in [0.5, 0.6) is 11.5 Å². The summed E-state index contributed by atoms with van der Waals surface area (Å²) in [5.41, 5.74) is 0.771. The molecule has 112 valence electrons. The van der Waals surface area contributed by atoms with E-state index >= 15 is 0 Å². The Morgan fingerprint density at radius 2 is 2.05 bits per heavy atom. The molecule has 2 rings (SSSR count). The van der Waals surface area contributed by atoms with Gasteiger partial charge in [0.1, 0.15) is 5.82 Å². The van der Waals surface area contributed by atoms with Gasteiger partial charge >= 0.3 is 0 Å². The van der Waals surface area contributed by atoms with E-state index < -0.39 is 0 Å². The first kappa shape index (κ1) is 16.1. The molecule has 0 atom stereocenters. The Kier molecular flexibility index (Phi) is 5.46. The Morgan fingerprint density at radius 3 is 2.67 bits per heavy atom. The van der Waals surface area contributed by atoms with Crippen molar-refractivity contribution < 1.29 is 9.47 Å². The van der Waals surface area contributed by atoms with Crippen LogP contribution in [-0.4, -0.2) is 30.7 Å². The third kappa shape index (κ3) is 3.49. The highest BCUT2D eigenvalue weighted by Gasteiger charge is 2.14. The quantitative estimate of drug-likeness (QED) is 0.746. The molecule has 0 aliphatic heterocycles. The van der Waals surface area contributed by atoms with Gasteiger partial charge in [-0.2, -0.15) is 0 Å². The van der Waals surface area contributed by atoms with Crippen LogP contribution in [-0.2, 0) is 0 Å². The first-order valence-corrected chi connectivity index (χ1v) is 7.74. The first-order valence-electron chi connectivity index (χ1n) is 6.29. The Morgan fingerprint density at radius 1 is 1.29 bits per heavy atom. The summed E-state index contributed by atoms with van der Waals surface area (Å²) < 4.78 is 11.5. The van der Waals surface area contributed by atoms with Crippen LogP contribution in [0.4, 0.5) is 5.82 Å². The zero-order valence-electron chi connectivity index (χ0n) is 11.9. The summed E-state index contributed by atoms with van der Waals surface area (Å²) in [6.07, 6.45) is 1.77. The second-order valence-electron chi connectivity index (χ2n) is 4.11. The molecule has 0 saturated heterocycles. The minimum atomic E-state index is 0.457. The lowest BCUT2D eigenvalue weighted by Gasteiger charge is -2.12. The average molecular weight is 420 g/mol. The smallest absolute Gasteiger partial charge is 0.179 e. The van der Waals surface area contributed by atoms with Crippen LogP contribution >= 0.6 is 34.2 Å². The summed E-state index contributed by atoms with van der Waals surface area (Å²) in [7, 11) is 3.12. The molecule has 0 saturated carbocycles. The topological polar surface area (TPSA) is 56.3 Å². The summed E-state index contributed by atoms with van der Waals surface area (Å²) >= 11 is 8.41. The fourth-order valence-corrected chi connectivity index (χ4v) is 2.58. The average Bonchev–Trinajstić information content (AvgIpc) is 2.48. The zero-order chi connectivity index (χ0) is 15.4. The van der Waals surface area contributed by atoms with Gasteiger partial charge in [0.25, 0.3) is 0 Å². The van der Waals surface area contributed by atoms with Crippen LogP contribution in [0.15, 0.2) is 18.3 Å². The highest BCUT2D eigenvalue weighted by atomic mass is 127. The van der Waals surface area contributed by atoms with Crippen LogP contribution < -0.4 is 14.8 Å². The number of hydrogen-bond donors (Lipinski definition) is 1. The third-order valence-corrected chi connectivity index (χ3v) is 3.85. The lowest BCUT2D eigenvalue weighted by atomic mass is 10.2. The SMILES string of the molecule is CCNc1nc(-c2cc(Cl)c(OC)c(OC)c2)ncc1I. The van der Waals surface area contributed by atoms with Gasteiger partial charge in [0.05, 0.1) is 22.8 Å². The van der Waals surface area contributed by atoms with Crippen molar-refractivity contribution in [2.45, 2.75) is 6.92 Å². The summed E-state index contributed by atoms with van der Waals surface area (Å²) in [5.74, 6) is 2.43. The molecule has 0 fully saturated rings. The number of rotatable bonds is 5. The highest BCUT2D eigenvalue weighted by molar-refractivity contribution is 14.1. The monoisotopic (exact) mass is 419 g/mol. The minimum absolute atomic E-state index is 0.457. The van der Waals surface area contributed by atoms with E-state index in [0.29, 0.717) is 22.3 Å². The van der Waals surface area contributed by atoms with Gasteiger partial charge in [-0.1, -0.05) is 11.6 Å².